The average Bonchev–Trinajstić information content (AvgIpc) is 2.57. The van der Waals surface area contributed by atoms with Gasteiger partial charge in [0.2, 0.25) is 0 Å². The monoisotopic (exact) mass is 199 g/mol. The number of nitrogens with zero attached hydrogens (tertiary/aromatic N) is 2. The van der Waals surface area contributed by atoms with Crippen molar-refractivity contribution in [1.82, 2.24) is 15.1 Å². The molecule has 2 heterocycles. The van der Waals surface area contributed by atoms with Crippen LogP contribution in [0, 0.1) is 0 Å². The first-order chi connectivity index (χ1) is 6.68. The zero-order valence-electron chi connectivity index (χ0n) is 9.00. The first kappa shape index (κ1) is 10.4. The van der Waals surface area contributed by atoms with Crippen molar-refractivity contribution in [1.29, 1.82) is 0 Å². The Morgan fingerprint density at radius 2 is 2.00 bits per heavy atom. The van der Waals surface area contributed by atoms with E-state index < -0.39 is 5.60 Å². The van der Waals surface area contributed by atoms with Gasteiger partial charge < -0.3 is 15.3 Å². The van der Waals surface area contributed by atoms with Gasteiger partial charge in [-0.2, -0.15) is 0 Å². The fourth-order valence-electron chi connectivity index (χ4n) is 2.29. The zero-order valence-corrected chi connectivity index (χ0v) is 9.00. The van der Waals surface area contributed by atoms with Crippen molar-refractivity contribution < 1.29 is 5.11 Å². The molecule has 4 nitrogen and oxygen atoms in total. The first-order valence-corrected chi connectivity index (χ1v) is 5.52. The smallest absolute Gasteiger partial charge is 0.0909 e. The molecule has 0 aromatic heterocycles. The van der Waals surface area contributed by atoms with Crippen LogP contribution >= 0.6 is 0 Å². The van der Waals surface area contributed by atoms with E-state index >= 15 is 0 Å². The van der Waals surface area contributed by atoms with Crippen molar-refractivity contribution >= 4 is 0 Å². The second kappa shape index (κ2) is 4.14. The number of rotatable bonds is 2. The van der Waals surface area contributed by atoms with Gasteiger partial charge in [-0.15, -0.1) is 0 Å². The number of hydrogen-bond donors (Lipinski definition) is 2. The summed E-state index contributed by atoms with van der Waals surface area (Å²) in [5.74, 6) is 0. The molecule has 0 radical (unpaired) electrons. The quantitative estimate of drug-likeness (QED) is 0.596. The minimum Gasteiger partial charge on any atom is -0.387 e. The van der Waals surface area contributed by atoms with E-state index in [9.17, 15) is 5.11 Å². The van der Waals surface area contributed by atoms with Gasteiger partial charge in [-0.25, -0.2) is 0 Å². The van der Waals surface area contributed by atoms with E-state index in [1.54, 1.807) is 0 Å². The van der Waals surface area contributed by atoms with Gasteiger partial charge in [0.05, 0.1) is 5.60 Å². The Morgan fingerprint density at radius 3 is 2.57 bits per heavy atom. The Kier molecular flexibility index (Phi) is 3.07. The van der Waals surface area contributed by atoms with Crippen LogP contribution in [0.25, 0.3) is 0 Å². The van der Waals surface area contributed by atoms with E-state index in [1.807, 2.05) is 0 Å². The number of β-amino-alcohol motifs (C(OH)–C–C–N with tert-alkyl or cyclic N) is 1. The average molecular weight is 199 g/mol. The molecule has 2 aliphatic rings. The van der Waals surface area contributed by atoms with Gasteiger partial charge in [0.1, 0.15) is 0 Å². The summed E-state index contributed by atoms with van der Waals surface area (Å²) >= 11 is 0. The van der Waals surface area contributed by atoms with Crippen LogP contribution in [0.1, 0.15) is 6.42 Å². The van der Waals surface area contributed by atoms with Crippen molar-refractivity contribution in [3.63, 3.8) is 0 Å². The Morgan fingerprint density at radius 1 is 1.29 bits per heavy atom. The molecular formula is C10H21N3O. The lowest BCUT2D eigenvalue weighted by atomic mass is 10.0. The number of aliphatic hydroxyl groups is 1. The lowest BCUT2D eigenvalue weighted by Gasteiger charge is -2.36. The molecule has 1 atom stereocenters. The fourth-order valence-corrected chi connectivity index (χ4v) is 2.29. The molecule has 82 valence electrons. The van der Waals surface area contributed by atoms with E-state index in [0.29, 0.717) is 0 Å². The molecule has 2 N–H and O–H groups in total. The number of piperazine rings is 1. The minimum absolute atomic E-state index is 0.462. The van der Waals surface area contributed by atoms with Crippen molar-refractivity contribution in [3.05, 3.63) is 0 Å². The van der Waals surface area contributed by atoms with E-state index in [0.717, 1.165) is 52.2 Å². The normalized spacial score (nSPS) is 36.4. The molecule has 0 unspecified atom stereocenters. The summed E-state index contributed by atoms with van der Waals surface area (Å²) in [7, 11) is 2.16. The highest BCUT2D eigenvalue weighted by Gasteiger charge is 2.33. The van der Waals surface area contributed by atoms with Crippen LogP contribution in [0.15, 0.2) is 0 Å². The lowest BCUT2D eigenvalue weighted by molar-refractivity contribution is 0.00788. The molecule has 2 rings (SSSR count). The Bertz CT molecular complexity index is 184. The van der Waals surface area contributed by atoms with E-state index in [1.165, 1.54) is 0 Å². The van der Waals surface area contributed by atoms with Gasteiger partial charge in [0.15, 0.2) is 0 Å². The maximum absolute atomic E-state index is 10.2. The third kappa shape index (κ3) is 2.45. The van der Waals surface area contributed by atoms with Crippen molar-refractivity contribution in [2.45, 2.75) is 12.0 Å². The van der Waals surface area contributed by atoms with Gasteiger partial charge in [-0.05, 0) is 20.0 Å². The van der Waals surface area contributed by atoms with Gasteiger partial charge in [0, 0.05) is 39.3 Å². The fraction of sp³-hybridized carbons (Fsp3) is 1.00. The molecule has 2 saturated heterocycles. The molecule has 14 heavy (non-hydrogen) atoms. The third-order valence-corrected chi connectivity index (χ3v) is 3.34. The van der Waals surface area contributed by atoms with Crippen LogP contribution < -0.4 is 5.32 Å². The van der Waals surface area contributed by atoms with Crippen LogP contribution in [0.3, 0.4) is 0 Å². The van der Waals surface area contributed by atoms with Crippen molar-refractivity contribution in [2.24, 2.45) is 0 Å². The topological polar surface area (TPSA) is 38.7 Å². The van der Waals surface area contributed by atoms with E-state index in [4.69, 9.17) is 0 Å². The Hall–Kier alpha value is -0.160. The molecule has 0 bridgehead atoms. The number of likely N-dealkylation sites (N-methyl/N-ethyl adjacent to an activating group) is 1. The summed E-state index contributed by atoms with van der Waals surface area (Å²) in [6.07, 6.45) is 0.902. The van der Waals surface area contributed by atoms with Gasteiger partial charge in [0.25, 0.3) is 0 Å². The Labute approximate surface area is 85.9 Å². The predicted octanol–water partition coefficient (Wildman–Crippen LogP) is -1.04. The van der Waals surface area contributed by atoms with Gasteiger partial charge >= 0.3 is 0 Å². The summed E-state index contributed by atoms with van der Waals surface area (Å²) in [5.41, 5.74) is -0.462. The molecular weight excluding hydrogens is 178 g/mol. The minimum atomic E-state index is -0.462. The van der Waals surface area contributed by atoms with Gasteiger partial charge in [-0.3, -0.25) is 4.90 Å². The zero-order chi connectivity index (χ0) is 10.0. The maximum atomic E-state index is 10.2. The summed E-state index contributed by atoms with van der Waals surface area (Å²) in [6.45, 7) is 7.02. The SMILES string of the molecule is CN1CCN(C[C@@]2(O)CCNC2)CC1. The summed E-state index contributed by atoms with van der Waals surface area (Å²) < 4.78 is 0. The number of hydrogen-bond acceptors (Lipinski definition) is 4. The predicted molar refractivity (Wildman–Crippen MR) is 56.4 cm³/mol. The van der Waals surface area contributed by atoms with E-state index in [2.05, 4.69) is 22.2 Å². The first-order valence-electron chi connectivity index (χ1n) is 5.52. The van der Waals surface area contributed by atoms with Crippen LogP contribution in [-0.2, 0) is 0 Å². The Balaban J connectivity index is 1.79. The second-order valence-corrected chi connectivity index (χ2v) is 4.73. The summed E-state index contributed by atoms with van der Waals surface area (Å²) in [6, 6.07) is 0. The summed E-state index contributed by atoms with van der Waals surface area (Å²) in [4.78, 5) is 4.72. The van der Waals surface area contributed by atoms with Crippen LogP contribution in [-0.4, -0.2) is 73.4 Å². The van der Waals surface area contributed by atoms with Crippen LogP contribution in [0.4, 0.5) is 0 Å². The highest BCUT2D eigenvalue weighted by molar-refractivity contribution is 4.91. The molecule has 0 aromatic rings. The summed E-state index contributed by atoms with van der Waals surface area (Å²) in [5, 5.41) is 13.4. The number of nitrogens with one attached hydrogen (secondary N) is 1. The van der Waals surface area contributed by atoms with Crippen molar-refractivity contribution in [2.75, 3.05) is 52.9 Å². The van der Waals surface area contributed by atoms with Crippen LogP contribution in [0.2, 0.25) is 0 Å². The lowest BCUT2D eigenvalue weighted by Crippen LogP contribution is -2.51. The third-order valence-electron chi connectivity index (χ3n) is 3.34. The molecule has 0 saturated carbocycles. The highest BCUT2D eigenvalue weighted by atomic mass is 16.3. The molecule has 0 aliphatic carbocycles. The van der Waals surface area contributed by atoms with Crippen LogP contribution in [0.5, 0.6) is 0 Å². The second-order valence-electron chi connectivity index (χ2n) is 4.73. The molecule has 2 fully saturated rings. The molecule has 0 spiro atoms. The molecule has 0 amide bonds. The highest BCUT2D eigenvalue weighted by Crippen LogP contribution is 2.16. The van der Waals surface area contributed by atoms with Crippen molar-refractivity contribution in [3.8, 4) is 0 Å². The van der Waals surface area contributed by atoms with Gasteiger partial charge in [-0.1, -0.05) is 0 Å². The largest absolute Gasteiger partial charge is 0.387 e. The molecule has 2 aliphatic heterocycles. The maximum Gasteiger partial charge on any atom is 0.0909 e. The standard InChI is InChI=1S/C10H21N3O/c1-12-4-6-13(7-5-12)9-10(14)2-3-11-8-10/h11,14H,2-9H2,1H3/t10-/m1/s1. The van der Waals surface area contributed by atoms with E-state index in [-0.39, 0.29) is 0 Å². The molecule has 4 heteroatoms. The molecule has 0 aromatic carbocycles.